The number of carbonyl (C=O) groups is 5. The van der Waals surface area contributed by atoms with Crippen molar-refractivity contribution in [2.45, 2.75) is 98.2 Å². The van der Waals surface area contributed by atoms with E-state index in [1.54, 1.807) is 43.3 Å². The Labute approximate surface area is 339 Å². The fourth-order valence-corrected chi connectivity index (χ4v) is 5.83. The highest BCUT2D eigenvalue weighted by atomic mass is 16.8. The lowest BCUT2D eigenvalue weighted by molar-refractivity contribution is -0.0823. The van der Waals surface area contributed by atoms with Crippen LogP contribution in [0.3, 0.4) is 0 Å². The molecule has 2 aromatic carbocycles. The minimum absolute atomic E-state index is 0.0538. The van der Waals surface area contributed by atoms with Crippen molar-refractivity contribution in [3.63, 3.8) is 0 Å². The number of benzene rings is 2. The number of anilines is 1. The van der Waals surface area contributed by atoms with Crippen LogP contribution in [0, 0.1) is 18.3 Å². The number of hydrogen-bond acceptors (Lipinski definition) is 12. The number of carbonyl (C=O) groups excluding carboxylic acids is 5. The van der Waals surface area contributed by atoms with Gasteiger partial charge in [-0.05, 0) is 92.6 Å². The Morgan fingerprint density at radius 2 is 1.50 bits per heavy atom. The fraction of sp³-hybridized carbons (Fsp3) is 0.465. The zero-order valence-electron chi connectivity index (χ0n) is 34.0. The number of pyridine rings is 1. The summed E-state index contributed by atoms with van der Waals surface area (Å²) in [6.45, 7) is 8.15. The third kappa shape index (κ3) is 13.9. The van der Waals surface area contributed by atoms with Crippen molar-refractivity contribution in [1.82, 2.24) is 15.6 Å². The lowest BCUT2D eigenvalue weighted by Crippen LogP contribution is -2.31. The summed E-state index contributed by atoms with van der Waals surface area (Å²) in [5.74, 6) is -1.43. The largest absolute Gasteiger partial charge is 0.511 e. The minimum Gasteiger partial charge on any atom is -0.496 e. The molecule has 1 atom stereocenters. The zero-order valence-corrected chi connectivity index (χ0v) is 34.0. The second-order valence-corrected chi connectivity index (χ2v) is 14.1. The molecule has 1 saturated carbocycles. The first-order valence-electron chi connectivity index (χ1n) is 19.9. The maximum atomic E-state index is 14.0. The maximum Gasteiger partial charge on any atom is 0.511 e. The second-order valence-electron chi connectivity index (χ2n) is 14.1. The SMILES string of the molecule is CCCCCCOC(=O)NC(=N)c1ccc(NC(=O)c2cc(C)c(OC)cc2-c2ccc(C(=O)NCC3CC3)nc2C(=O)OC(C)OC(=O)OCCCCCC)cc1. The predicted octanol–water partition coefficient (Wildman–Crippen LogP) is 8.33. The van der Waals surface area contributed by atoms with Crippen LogP contribution in [0.1, 0.15) is 127 Å². The van der Waals surface area contributed by atoms with Crippen LogP contribution in [0.2, 0.25) is 0 Å². The molecule has 0 aliphatic heterocycles. The van der Waals surface area contributed by atoms with Gasteiger partial charge in [0.05, 0.1) is 20.3 Å². The third-order valence-corrected chi connectivity index (χ3v) is 9.28. The molecule has 0 spiro atoms. The highest BCUT2D eigenvalue weighted by Crippen LogP contribution is 2.34. The molecule has 1 unspecified atom stereocenters. The summed E-state index contributed by atoms with van der Waals surface area (Å²) in [6.07, 6.45) is 6.35. The van der Waals surface area contributed by atoms with Crippen molar-refractivity contribution in [1.29, 1.82) is 5.41 Å². The molecule has 4 N–H and O–H groups in total. The van der Waals surface area contributed by atoms with Crippen molar-refractivity contribution < 1.29 is 47.7 Å². The number of amidine groups is 1. The van der Waals surface area contributed by atoms with E-state index in [4.69, 9.17) is 29.1 Å². The molecule has 15 nitrogen and oxygen atoms in total. The zero-order chi connectivity index (χ0) is 42.0. The summed E-state index contributed by atoms with van der Waals surface area (Å²) in [7, 11) is 1.47. The Kier molecular flexibility index (Phi) is 17.5. The number of rotatable bonds is 21. The van der Waals surface area contributed by atoms with Crippen LogP contribution in [0.15, 0.2) is 48.5 Å². The number of nitrogens with zero attached hydrogens (tertiary/aromatic N) is 1. The molecule has 58 heavy (non-hydrogen) atoms. The van der Waals surface area contributed by atoms with Gasteiger partial charge < -0.3 is 34.3 Å². The quantitative estimate of drug-likeness (QED) is 0.0201. The summed E-state index contributed by atoms with van der Waals surface area (Å²) in [4.78, 5) is 69.8. The summed E-state index contributed by atoms with van der Waals surface area (Å²) < 4.78 is 26.5. The van der Waals surface area contributed by atoms with Crippen LogP contribution in [0.5, 0.6) is 5.75 Å². The van der Waals surface area contributed by atoms with Gasteiger partial charge in [0.1, 0.15) is 17.3 Å². The summed E-state index contributed by atoms with van der Waals surface area (Å²) in [5, 5.41) is 16.4. The maximum absolute atomic E-state index is 14.0. The predicted molar refractivity (Wildman–Crippen MR) is 217 cm³/mol. The number of aryl methyl sites for hydroxylation is 1. The van der Waals surface area contributed by atoms with E-state index >= 15 is 0 Å². The van der Waals surface area contributed by atoms with Crippen LogP contribution in [-0.4, -0.2) is 74.0 Å². The molecule has 1 aliphatic carbocycles. The van der Waals surface area contributed by atoms with Crippen LogP contribution in [-0.2, 0) is 18.9 Å². The van der Waals surface area contributed by atoms with Gasteiger partial charge in [-0.15, -0.1) is 0 Å². The monoisotopic (exact) mass is 801 g/mol. The first kappa shape index (κ1) is 44.7. The molecule has 3 aromatic rings. The highest BCUT2D eigenvalue weighted by Gasteiger charge is 2.28. The topological polar surface area (TPSA) is 204 Å². The van der Waals surface area contributed by atoms with Crippen molar-refractivity contribution in [2.75, 3.05) is 32.2 Å². The molecule has 312 valence electrons. The van der Waals surface area contributed by atoms with Gasteiger partial charge in [-0.3, -0.25) is 20.3 Å². The first-order chi connectivity index (χ1) is 27.9. The number of hydrogen-bond donors (Lipinski definition) is 4. The Bertz CT molecular complexity index is 1910. The van der Waals surface area contributed by atoms with Crippen LogP contribution < -0.4 is 20.7 Å². The average Bonchev–Trinajstić information content (AvgIpc) is 4.04. The van der Waals surface area contributed by atoms with E-state index in [1.165, 1.54) is 26.2 Å². The Balaban J connectivity index is 1.57. The molecule has 0 radical (unpaired) electrons. The molecule has 1 aliphatic rings. The van der Waals surface area contributed by atoms with Gasteiger partial charge in [-0.2, -0.15) is 0 Å². The number of alkyl carbamates (subject to hydrolysis) is 1. The molecule has 1 aromatic heterocycles. The lowest BCUT2D eigenvalue weighted by atomic mass is 9.94. The van der Waals surface area contributed by atoms with E-state index in [1.807, 2.05) is 0 Å². The van der Waals surface area contributed by atoms with Gasteiger partial charge in [0, 0.05) is 41.4 Å². The summed E-state index contributed by atoms with van der Waals surface area (Å²) in [5.41, 5.74) is 1.53. The number of nitrogens with one attached hydrogen (secondary N) is 4. The molecular formula is C43H55N5O10. The van der Waals surface area contributed by atoms with Gasteiger partial charge in [-0.1, -0.05) is 52.4 Å². The normalized spacial score (nSPS) is 12.4. The molecule has 15 heteroatoms. The minimum atomic E-state index is -1.38. The van der Waals surface area contributed by atoms with Crippen LogP contribution in [0.25, 0.3) is 11.1 Å². The van der Waals surface area contributed by atoms with Crippen molar-refractivity contribution >= 4 is 41.6 Å². The highest BCUT2D eigenvalue weighted by molar-refractivity contribution is 6.11. The Morgan fingerprint density at radius 1 is 0.828 bits per heavy atom. The van der Waals surface area contributed by atoms with E-state index in [9.17, 15) is 24.0 Å². The smallest absolute Gasteiger partial charge is 0.496 e. The summed E-state index contributed by atoms with van der Waals surface area (Å²) >= 11 is 0. The molecule has 1 heterocycles. The van der Waals surface area contributed by atoms with Gasteiger partial charge in [-0.25, -0.2) is 19.4 Å². The average molecular weight is 802 g/mol. The third-order valence-electron chi connectivity index (χ3n) is 9.28. The summed E-state index contributed by atoms with van der Waals surface area (Å²) in [6, 6.07) is 12.4. The molecule has 0 bridgehead atoms. The molecular weight excluding hydrogens is 746 g/mol. The van der Waals surface area contributed by atoms with Gasteiger partial charge in [0.2, 0.25) is 6.29 Å². The number of methoxy groups -OCH3 is 1. The number of aromatic nitrogens is 1. The van der Waals surface area contributed by atoms with Gasteiger partial charge in [0.25, 0.3) is 11.8 Å². The number of esters is 1. The van der Waals surface area contributed by atoms with E-state index in [-0.39, 0.29) is 47.1 Å². The van der Waals surface area contributed by atoms with E-state index < -0.39 is 36.3 Å². The molecule has 4 rings (SSSR count). The van der Waals surface area contributed by atoms with Crippen molar-refractivity contribution in [3.05, 3.63) is 76.6 Å². The van der Waals surface area contributed by atoms with Gasteiger partial charge >= 0.3 is 18.2 Å². The van der Waals surface area contributed by atoms with Crippen molar-refractivity contribution in [2.24, 2.45) is 5.92 Å². The number of amides is 3. The van der Waals surface area contributed by atoms with Gasteiger partial charge in [0.15, 0.2) is 5.69 Å². The Morgan fingerprint density at radius 3 is 2.14 bits per heavy atom. The van der Waals surface area contributed by atoms with E-state index in [0.29, 0.717) is 41.4 Å². The first-order valence-corrected chi connectivity index (χ1v) is 19.9. The van der Waals surface area contributed by atoms with Crippen LogP contribution >= 0.6 is 0 Å². The van der Waals surface area contributed by atoms with Crippen LogP contribution in [0.4, 0.5) is 15.3 Å². The number of unbranched alkanes of at least 4 members (excludes halogenated alkanes) is 6. The van der Waals surface area contributed by atoms with E-state index in [0.717, 1.165) is 57.8 Å². The fourth-order valence-electron chi connectivity index (χ4n) is 5.83. The Hall–Kier alpha value is -5.99. The van der Waals surface area contributed by atoms with Crippen molar-refractivity contribution in [3.8, 4) is 16.9 Å². The van der Waals surface area contributed by atoms with E-state index in [2.05, 4.69) is 34.8 Å². The molecule has 0 saturated heterocycles. The number of ether oxygens (including phenoxy) is 5. The standard InChI is InChI=1S/C43H55N5O10/c1-6-8-10-12-22-55-42(52)48-38(44)30-16-18-31(19-17-30)46-39(49)34-24-27(3)36(54-5)25-33(34)32-20-21-35(40(50)45-26-29-14-15-29)47-37(32)41(51)57-28(4)58-43(53)56-23-13-11-9-7-2/h16-21,24-25,28-29H,6-15,22-23,26H2,1-5H3,(H,45,50)(H,46,49)(H2,44,48,52). The second kappa shape index (κ2) is 22.7. The lowest BCUT2D eigenvalue weighted by Gasteiger charge is -2.18. The molecule has 3 amide bonds. The molecule has 1 fully saturated rings.